The first-order chi connectivity index (χ1) is 2.89. The van der Waals surface area contributed by atoms with Gasteiger partial charge >= 0.3 is 49.5 Å². The van der Waals surface area contributed by atoms with Gasteiger partial charge < -0.3 is 0 Å². The van der Waals surface area contributed by atoms with Crippen LogP contribution in [-0.4, -0.2) is 27.5 Å². The minimum absolute atomic E-state index is 1.31. The summed E-state index contributed by atoms with van der Waals surface area (Å²) in [5.41, 5.74) is 0. The number of aromatic nitrogens is 1. The predicted octanol–water partition coefficient (Wildman–Crippen LogP) is -0.191. The first kappa shape index (κ1) is 4.24. The predicted molar refractivity (Wildman–Crippen MR) is 26.2 cm³/mol. The maximum atomic E-state index is 3.04. The van der Waals surface area contributed by atoms with E-state index in [0.717, 1.165) is 0 Å². The van der Waals surface area contributed by atoms with Crippen LogP contribution in [0.4, 0.5) is 0 Å². The van der Waals surface area contributed by atoms with Gasteiger partial charge in [0.2, 0.25) is 0 Å². The average Bonchev–Trinajstić information content (AvgIpc) is 1.86. The molecule has 0 aromatic carbocycles. The molecule has 29 valence electrons. The van der Waals surface area contributed by atoms with Gasteiger partial charge in [-0.15, -0.1) is 0 Å². The molecule has 0 aliphatic heterocycles. The third-order valence-electron chi connectivity index (χ3n) is 0.598. The Balaban J connectivity index is 3.05. The third kappa shape index (κ3) is 0.772. The van der Waals surface area contributed by atoms with E-state index in [4.69, 9.17) is 0 Å². The molecule has 0 atom stereocenters. The fourth-order valence-electron chi connectivity index (χ4n) is 0.330. The van der Waals surface area contributed by atoms with Crippen LogP contribution in [0.5, 0.6) is 0 Å². The van der Waals surface area contributed by atoms with Crippen LogP contribution in [-0.2, 0) is 0 Å². The Bertz CT molecular complexity index is 111. The van der Waals surface area contributed by atoms with Gasteiger partial charge in [-0.05, 0) is 0 Å². The molecule has 0 amide bonds. The van der Waals surface area contributed by atoms with Gasteiger partial charge in [0.1, 0.15) is 0 Å². The van der Waals surface area contributed by atoms with E-state index in [-0.39, 0.29) is 0 Å². The molecule has 0 saturated carbocycles. The van der Waals surface area contributed by atoms with E-state index >= 15 is 0 Å². The van der Waals surface area contributed by atoms with Crippen LogP contribution >= 0.6 is 0 Å². The second kappa shape index (κ2) is 1.69. The number of H-pyrrole nitrogens is 1. The molecule has 1 heterocycles. The van der Waals surface area contributed by atoms with Crippen LogP contribution in [0.3, 0.4) is 0 Å². The average molecular weight is 185 g/mol. The summed E-state index contributed by atoms with van der Waals surface area (Å²) in [6, 6.07) is 4.07. The van der Waals surface area contributed by atoms with Crippen molar-refractivity contribution in [2.75, 3.05) is 0 Å². The summed E-state index contributed by atoms with van der Waals surface area (Å²) >= 11 is 1.45. The van der Waals surface area contributed by atoms with Crippen LogP contribution in [0.15, 0.2) is 18.3 Å². The van der Waals surface area contributed by atoms with Crippen molar-refractivity contribution in [3.05, 3.63) is 18.3 Å². The SMILES string of the molecule is [Sn][c]1ccc[nH]1. The Hall–Kier alpha value is 0.0787. The monoisotopic (exact) mass is 186 g/mol. The van der Waals surface area contributed by atoms with E-state index in [1.807, 2.05) is 12.3 Å². The fourth-order valence-corrected chi connectivity index (χ4v) is 0.843. The van der Waals surface area contributed by atoms with E-state index in [1.54, 1.807) is 0 Å². The normalized spacial score (nSPS) is 8.83. The van der Waals surface area contributed by atoms with Crippen LogP contribution in [0.25, 0.3) is 0 Å². The van der Waals surface area contributed by atoms with E-state index in [0.29, 0.717) is 0 Å². The molecule has 1 nitrogen and oxygen atoms in total. The second-order valence-corrected chi connectivity index (χ2v) is 2.62. The molecule has 0 bridgehead atoms. The molecule has 0 aliphatic rings. The van der Waals surface area contributed by atoms with Gasteiger partial charge in [-0.25, -0.2) is 0 Å². The number of rotatable bonds is 0. The Labute approximate surface area is 49.8 Å². The van der Waals surface area contributed by atoms with Gasteiger partial charge in [-0.1, -0.05) is 0 Å². The molecule has 1 aromatic rings. The van der Waals surface area contributed by atoms with E-state index in [9.17, 15) is 0 Å². The van der Waals surface area contributed by atoms with Gasteiger partial charge in [0.15, 0.2) is 0 Å². The van der Waals surface area contributed by atoms with Crippen molar-refractivity contribution in [2.24, 2.45) is 0 Å². The Kier molecular flexibility index (Phi) is 1.19. The molecule has 0 aliphatic carbocycles. The molecule has 0 saturated heterocycles. The summed E-state index contributed by atoms with van der Waals surface area (Å²) in [6.45, 7) is 0. The summed E-state index contributed by atoms with van der Waals surface area (Å²) in [4.78, 5) is 3.04. The molecule has 0 spiro atoms. The zero-order valence-electron chi connectivity index (χ0n) is 3.23. The Morgan fingerprint density at radius 3 is 2.67 bits per heavy atom. The van der Waals surface area contributed by atoms with Crippen LogP contribution in [0, 0.1) is 0 Å². The summed E-state index contributed by atoms with van der Waals surface area (Å²) in [5, 5.41) is 0. The van der Waals surface area contributed by atoms with Gasteiger partial charge in [0, 0.05) is 0 Å². The van der Waals surface area contributed by atoms with Crippen LogP contribution in [0.2, 0.25) is 0 Å². The maximum absolute atomic E-state index is 3.04. The van der Waals surface area contributed by atoms with Crippen LogP contribution < -0.4 is 3.71 Å². The summed E-state index contributed by atoms with van der Waals surface area (Å²) < 4.78 is 1.31. The van der Waals surface area contributed by atoms with Crippen molar-refractivity contribution in [1.29, 1.82) is 0 Å². The minimum atomic E-state index is 1.31. The van der Waals surface area contributed by atoms with Crippen molar-refractivity contribution >= 4 is 26.2 Å². The quantitative estimate of drug-likeness (QED) is 0.539. The molecule has 2 heteroatoms. The molecule has 3 radical (unpaired) electrons. The van der Waals surface area contributed by atoms with Gasteiger partial charge in [-0.3, -0.25) is 0 Å². The first-order valence-corrected chi connectivity index (χ1v) is 3.17. The van der Waals surface area contributed by atoms with Gasteiger partial charge in [0.25, 0.3) is 0 Å². The molecular formula is C4H4NSn. The standard InChI is InChI=1S/C4H4N.Sn/c1-2-4-5-3-1;/h1-3,5H;. The number of aromatic amines is 1. The molecule has 0 fully saturated rings. The number of hydrogen-bond acceptors (Lipinski definition) is 0. The second-order valence-electron chi connectivity index (χ2n) is 1.08. The fraction of sp³-hybridized carbons (Fsp3) is 0. The summed E-state index contributed by atoms with van der Waals surface area (Å²) in [5.74, 6) is 0. The van der Waals surface area contributed by atoms with E-state index in [2.05, 4.69) is 11.1 Å². The first-order valence-electron chi connectivity index (χ1n) is 1.74. The molecule has 0 unspecified atom stereocenters. The third-order valence-corrected chi connectivity index (χ3v) is 1.49. The van der Waals surface area contributed by atoms with Crippen molar-refractivity contribution in [3.63, 3.8) is 0 Å². The van der Waals surface area contributed by atoms with E-state index < -0.39 is 0 Å². The Morgan fingerprint density at radius 1 is 1.67 bits per heavy atom. The molecular weight excluding hydrogens is 181 g/mol. The Morgan fingerprint density at radius 2 is 2.50 bits per heavy atom. The number of nitrogens with one attached hydrogen (secondary N) is 1. The molecule has 6 heavy (non-hydrogen) atoms. The zero-order valence-corrected chi connectivity index (χ0v) is 6.09. The van der Waals surface area contributed by atoms with Crippen molar-refractivity contribution in [3.8, 4) is 0 Å². The molecule has 1 aromatic heterocycles. The number of hydrogen-bond donors (Lipinski definition) is 1. The molecule has 1 rings (SSSR count). The van der Waals surface area contributed by atoms with Crippen molar-refractivity contribution in [2.45, 2.75) is 0 Å². The topological polar surface area (TPSA) is 15.8 Å². The van der Waals surface area contributed by atoms with Crippen LogP contribution in [0.1, 0.15) is 0 Å². The van der Waals surface area contributed by atoms with Crippen molar-refractivity contribution in [1.82, 2.24) is 4.98 Å². The van der Waals surface area contributed by atoms with Gasteiger partial charge in [0.05, 0.1) is 0 Å². The van der Waals surface area contributed by atoms with Gasteiger partial charge in [-0.2, -0.15) is 0 Å². The van der Waals surface area contributed by atoms with E-state index in [1.165, 1.54) is 26.2 Å². The summed E-state index contributed by atoms with van der Waals surface area (Å²) in [6.07, 6.45) is 1.93. The summed E-state index contributed by atoms with van der Waals surface area (Å²) in [7, 11) is 0. The molecule has 1 N–H and O–H groups in total. The zero-order chi connectivity index (χ0) is 4.41. The van der Waals surface area contributed by atoms with Crippen molar-refractivity contribution < 1.29 is 0 Å².